The number of rotatable bonds is 4. The highest BCUT2D eigenvalue weighted by atomic mass is 32.1. The molecular formula is C17H20N2O3S2. The van der Waals surface area contributed by atoms with Crippen LogP contribution in [-0.2, 0) is 28.8 Å². The summed E-state index contributed by atoms with van der Waals surface area (Å²) < 4.78 is 4.95. The van der Waals surface area contributed by atoms with E-state index in [4.69, 9.17) is 4.74 Å². The molecule has 3 rings (SSSR count). The fraction of sp³-hybridized carbons (Fsp3) is 0.471. The van der Waals surface area contributed by atoms with Crippen molar-refractivity contribution in [2.24, 2.45) is 0 Å². The molecule has 7 heteroatoms. The van der Waals surface area contributed by atoms with Crippen LogP contribution < -0.4 is 5.32 Å². The maximum absolute atomic E-state index is 12.3. The molecule has 0 aromatic carbocycles. The number of nitrogens with one attached hydrogen (secondary N) is 1. The summed E-state index contributed by atoms with van der Waals surface area (Å²) in [6.45, 7) is 1.91. The second-order valence-corrected chi connectivity index (χ2v) is 8.01. The van der Waals surface area contributed by atoms with Crippen molar-refractivity contribution >= 4 is 39.6 Å². The summed E-state index contributed by atoms with van der Waals surface area (Å²) in [4.78, 5) is 30.1. The van der Waals surface area contributed by atoms with Gasteiger partial charge in [0, 0.05) is 10.3 Å². The summed E-state index contributed by atoms with van der Waals surface area (Å²) in [6, 6.07) is 0. The topological polar surface area (TPSA) is 68.3 Å². The zero-order valence-corrected chi connectivity index (χ0v) is 15.4. The van der Waals surface area contributed by atoms with Crippen molar-refractivity contribution in [3.8, 4) is 0 Å². The number of thiophene rings is 1. The molecule has 0 unspecified atom stereocenters. The molecule has 1 aliphatic rings. The van der Waals surface area contributed by atoms with Crippen LogP contribution in [0.1, 0.15) is 50.8 Å². The van der Waals surface area contributed by atoms with Gasteiger partial charge in [0.15, 0.2) is 0 Å². The maximum Gasteiger partial charge on any atom is 0.341 e. The summed E-state index contributed by atoms with van der Waals surface area (Å²) in [6.07, 6.45) is 5.42. The van der Waals surface area contributed by atoms with E-state index >= 15 is 0 Å². The normalized spacial score (nSPS) is 13.9. The third-order valence-corrected chi connectivity index (χ3v) is 6.10. The van der Waals surface area contributed by atoms with Crippen LogP contribution in [0.25, 0.3) is 0 Å². The third kappa shape index (κ3) is 3.67. The number of methoxy groups -OCH3 is 1. The summed E-state index contributed by atoms with van der Waals surface area (Å²) in [7, 11) is 1.38. The molecule has 128 valence electrons. The molecule has 0 spiro atoms. The van der Waals surface area contributed by atoms with Crippen LogP contribution in [0.5, 0.6) is 0 Å². The Labute approximate surface area is 149 Å². The number of esters is 1. The monoisotopic (exact) mass is 364 g/mol. The van der Waals surface area contributed by atoms with Crippen LogP contribution in [0.4, 0.5) is 5.00 Å². The average molecular weight is 364 g/mol. The van der Waals surface area contributed by atoms with Gasteiger partial charge in [0.1, 0.15) is 5.00 Å². The first-order valence-electron chi connectivity index (χ1n) is 8.02. The van der Waals surface area contributed by atoms with Crippen molar-refractivity contribution in [1.82, 2.24) is 4.98 Å². The van der Waals surface area contributed by atoms with E-state index < -0.39 is 0 Å². The van der Waals surface area contributed by atoms with Gasteiger partial charge in [-0.1, -0.05) is 6.42 Å². The van der Waals surface area contributed by atoms with Crippen molar-refractivity contribution < 1.29 is 14.3 Å². The molecule has 1 aliphatic carbocycles. The maximum atomic E-state index is 12.3. The fourth-order valence-corrected chi connectivity index (χ4v) is 4.88. The summed E-state index contributed by atoms with van der Waals surface area (Å²) in [5.41, 5.74) is 2.36. The Kier molecular flexibility index (Phi) is 5.30. The van der Waals surface area contributed by atoms with Gasteiger partial charge in [0.25, 0.3) is 0 Å². The first kappa shape index (κ1) is 17.1. The molecule has 24 heavy (non-hydrogen) atoms. The Balaban J connectivity index is 1.84. The molecule has 2 heterocycles. The number of nitrogens with zero attached hydrogens (tertiary/aromatic N) is 1. The molecule has 1 N–H and O–H groups in total. The van der Waals surface area contributed by atoms with E-state index in [0.717, 1.165) is 41.9 Å². The number of hydrogen-bond acceptors (Lipinski definition) is 6. The summed E-state index contributed by atoms with van der Waals surface area (Å²) >= 11 is 3.04. The summed E-state index contributed by atoms with van der Waals surface area (Å²) in [5, 5.41) is 6.35. The number of aromatic nitrogens is 1. The van der Waals surface area contributed by atoms with Gasteiger partial charge in [-0.15, -0.1) is 22.7 Å². The van der Waals surface area contributed by atoms with E-state index in [9.17, 15) is 9.59 Å². The Bertz CT molecular complexity index is 764. The largest absolute Gasteiger partial charge is 0.465 e. The standard InChI is InChI=1S/C17H20N2O3S2/c1-10-18-11(9-23-10)8-14(20)19-16-15(17(21)22-2)12-6-4-3-5-7-13(12)24-16/h9H,3-8H2,1-2H3,(H,19,20). The lowest BCUT2D eigenvalue weighted by Crippen LogP contribution is -2.16. The van der Waals surface area contributed by atoms with Gasteiger partial charge in [0.2, 0.25) is 5.91 Å². The van der Waals surface area contributed by atoms with Crippen molar-refractivity contribution in [3.05, 3.63) is 32.1 Å². The zero-order chi connectivity index (χ0) is 17.1. The van der Waals surface area contributed by atoms with Crippen molar-refractivity contribution in [2.45, 2.75) is 45.4 Å². The Morgan fingerprint density at radius 2 is 2.08 bits per heavy atom. The van der Waals surface area contributed by atoms with Crippen molar-refractivity contribution in [2.75, 3.05) is 12.4 Å². The van der Waals surface area contributed by atoms with Crippen molar-refractivity contribution in [1.29, 1.82) is 0 Å². The third-order valence-electron chi connectivity index (χ3n) is 4.07. The number of fused-ring (bicyclic) bond motifs is 1. The van der Waals surface area contributed by atoms with Crippen LogP contribution in [0.15, 0.2) is 5.38 Å². The molecule has 5 nitrogen and oxygen atoms in total. The second-order valence-electron chi connectivity index (χ2n) is 5.84. The lowest BCUT2D eigenvalue weighted by atomic mass is 10.1. The van der Waals surface area contributed by atoms with Gasteiger partial charge < -0.3 is 10.1 Å². The second kappa shape index (κ2) is 7.44. The molecule has 1 amide bonds. The molecule has 0 radical (unpaired) electrons. The molecule has 0 saturated carbocycles. The molecule has 0 aliphatic heterocycles. The molecule has 0 bridgehead atoms. The molecule has 0 saturated heterocycles. The van der Waals surface area contributed by atoms with E-state index in [1.54, 1.807) is 0 Å². The molecule has 0 atom stereocenters. The van der Waals surface area contributed by atoms with Gasteiger partial charge >= 0.3 is 5.97 Å². The predicted molar refractivity (Wildman–Crippen MR) is 96.1 cm³/mol. The minimum Gasteiger partial charge on any atom is -0.465 e. The lowest BCUT2D eigenvalue weighted by Gasteiger charge is -2.07. The molecule has 0 fully saturated rings. The van der Waals surface area contributed by atoms with Gasteiger partial charge in [0.05, 0.1) is 29.8 Å². The van der Waals surface area contributed by atoms with Crippen LogP contribution in [0.3, 0.4) is 0 Å². The van der Waals surface area contributed by atoms with Crippen LogP contribution >= 0.6 is 22.7 Å². The highest BCUT2D eigenvalue weighted by Gasteiger charge is 2.26. The van der Waals surface area contributed by atoms with Gasteiger partial charge in [-0.3, -0.25) is 4.79 Å². The Morgan fingerprint density at radius 3 is 2.79 bits per heavy atom. The molecule has 2 aromatic rings. The Hall–Kier alpha value is -1.73. The number of ether oxygens (including phenoxy) is 1. The smallest absolute Gasteiger partial charge is 0.341 e. The number of carbonyl (C=O) groups excluding carboxylic acids is 2. The van der Waals surface area contributed by atoms with Gasteiger partial charge in [-0.05, 0) is 38.2 Å². The zero-order valence-electron chi connectivity index (χ0n) is 13.8. The average Bonchev–Trinajstić information content (AvgIpc) is 3.02. The van der Waals surface area contributed by atoms with E-state index in [2.05, 4.69) is 10.3 Å². The number of amides is 1. The van der Waals surface area contributed by atoms with Crippen LogP contribution in [-0.4, -0.2) is 24.0 Å². The highest BCUT2D eigenvalue weighted by Crippen LogP contribution is 2.38. The van der Waals surface area contributed by atoms with Crippen LogP contribution in [0.2, 0.25) is 0 Å². The van der Waals surface area contributed by atoms with E-state index in [1.807, 2.05) is 12.3 Å². The van der Waals surface area contributed by atoms with Crippen molar-refractivity contribution in [3.63, 3.8) is 0 Å². The van der Waals surface area contributed by atoms with Gasteiger partial charge in [-0.2, -0.15) is 0 Å². The fourth-order valence-electron chi connectivity index (χ4n) is 2.97. The minimum absolute atomic E-state index is 0.151. The van der Waals surface area contributed by atoms with E-state index in [1.165, 1.54) is 41.1 Å². The molecular weight excluding hydrogens is 344 g/mol. The first-order valence-corrected chi connectivity index (χ1v) is 9.71. The Morgan fingerprint density at radius 1 is 1.29 bits per heavy atom. The number of hydrogen-bond donors (Lipinski definition) is 1. The summed E-state index contributed by atoms with van der Waals surface area (Å²) in [5.74, 6) is -0.518. The quantitative estimate of drug-likeness (QED) is 0.663. The van der Waals surface area contributed by atoms with Gasteiger partial charge in [-0.25, -0.2) is 9.78 Å². The van der Waals surface area contributed by atoms with Crippen LogP contribution in [0, 0.1) is 6.92 Å². The minimum atomic E-state index is -0.366. The van der Waals surface area contributed by atoms with E-state index in [-0.39, 0.29) is 18.3 Å². The SMILES string of the molecule is COC(=O)c1c(NC(=O)Cc2csc(C)n2)sc2c1CCCCC2. The number of anilines is 1. The first-order chi connectivity index (χ1) is 11.6. The van der Waals surface area contributed by atoms with E-state index in [0.29, 0.717) is 10.6 Å². The number of aryl methyl sites for hydroxylation is 2. The predicted octanol–water partition coefficient (Wildman–Crippen LogP) is 3.75. The lowest BCUT2D eigenvalue weighted by molar-refractivity contribution is -0.115. The highest BCUT2D eigenvalue weighted by molar-refractivity contribution is 7.17. The number of thiazole rings is 1. The number of carbonyl (C=O) groups is 2. The molecule has 2 aromatic heterocycles.